The van der Waals surface area contributed by atoms with Crippen LogP contribution in [0.25, 0.3) is 0 Å². The maximum Gasteiger partial charge on any atom is 0.227 e. The van der Waals surface area contributed by atoms with Crippen LogP contribution in [-0.4, -0.2) is 16.9 Å². The van der Waals surface area contributed by atoms with Crippen molar-refractivity contribution in [3.63, 3.8) is 0 Å². The van der Waals surface area contributed by atoms with Gasteiger partial charge in [-0.05, 0) is 25.2 Å². The molecule has 1 atom stereocenters. The lowest BCUT2D eigenvalue weighted by atomic mass is 10.0. The minimum absolute atomic E-state index is 0.0291. The summed E-state index contributed by atoms with van der Waals surface area (Å²) in [6.07, 6.45) is 3.71. The first-order valence-electron chi connectivity index (χ1n) is 6.10. The second kappa shape index (κ2) is 5.14. The molecule has 0 aromatic carbocycles. The molecule has 1 aromatic heterocycles. The molecule has 1 amide bonds. The Morgan fingerprint density at radius 2 is 2.29 bits per heavy atom. The van der Waals surface area contributed by atoms with Crippen molar-refractivity contribution in [1.82, 2.24) is 4.98 Å². The van der Waals surface area contributed by atoms with E-state index >= 15 is 0 Å². The Kier molecular flexibility index (Phi) is 3.79. The third-order valence-corrected chi connectivity index (χ3v) is 4.19. The number of carbonyl (C=O) groups excluding carboxylic acids is 1. The molecule has 3 N–H and O–H groups in total. The molecule has 0 saturated carbocycles. The van der Waals surface area contributed by atoms with Crippen LogP contribution < -0.4 is 11.1 Å². The summed E-state index contributed by atoms with van der Waals surface area (Å²) < 4.78 is 0. The zero-order valence-electron chi connectivity index (χ0n) is 10.3. The molecule has 0 bridgehead atoms. The van der Waals surface area contributed by atoms with E-state index in [-0.39, 0.29) is 11.9 Å². The Morgan fingerprint density at radius 3 is 2.94 bits per heavy atom. The van der Waals surface area contributed by atoms with E-state index < -0.39 is 0 Å². The molecule has 1 aliphatic carbocycles. The molecule has 1 unspecified atom stereocenters. The van der Waals surface area contributed by atoms with E-state index in [2.05, 4.69) is 10.3 Å². The van der Waals surface area contributed by atoms with Gasteiger partial charge >= 0.3 is 0 Å². The molecule has 4 nitrogen and oxygen atoms in total. The number of anilines is 1. The molecule has 17 heavy (non-hydrogen) atoms. The number of aromatic nitrogens is 1. The highest BCUT2D eigenvalue weighted by Crippen LogP contribution is 2.30. The van der Waals surface area contributed by atoms with E-state index in [0.29, 0.717) is 12.3 Å². The van der Waals surface area contributed by atoms with Crippen molar-refractivity contribution in [2.24, 2.45) is 11.7 Å². The molecule has 94 valence electrons. The van der Waals surface area contributed by atoms with Gasteiger partial charge in [0.15, 0.2) is 5.13 Å². The van der Waals surface area contributed by atoms with E-state index in [4.69, 9.17) is 5.73 Å². The summed E-state index contributed by atoms with van der Waals surface area (Å²) in [5.74, 6) is 0.292. The summed E-state index contributed by atoms with van der Waals surface area (Å²) in [7, 11) is 0. The molecule has 5 heteroatoms. The van der Waals surface area contributed by atoms with E-state index in [1.165, 1.54) is 17.0 Å². The van der Waals surface area contributed by atoms with Gasteiger partial charge in [0.2, 0.25) is 5.91 Å². The van der Waals surface area contributed by atoms with Gasteiger partial charge in [0.05, 0.1) is 5.69 Å². The number of thiazole rings is 1. The first-order chi connectivity index (χ1) is 8.06. The SMILES string of the molecule is CC(C)C(N)CC(=O)Nc1nc2c(s1)CCC2. The molecule has 0 spiro atoms. The summed E-state index contributed by atoms with van der Waals surface area (Å²) in [4.78, 5) is 17.5. The normalized spacial score (nSPS) is 16.0. The number of carbonyl (C=O) groups is 1. The number of nitrogens with two attached hydrogens (primary N) is 1. The first-order valence-corrected chi connectivity index (χ1v) is 6.92. The number of hydrogen-bond donors (Lipinski definition) is 2. The lowest BCUT2D eigenvalue weighted by Crippen LogP contribution is -2.31. The largest absolute Gasteiger partial charge is 0.327 e. The molecule has 1 aromatic rings. The van der Waals surface area contributed by atoms with E-state index in [0.717, 1.165) is 18.0 Å². The maximum atomic E-state index is 11.7. The topological polar surface area (TPSA) is 68.0 Å². The number of rotatable bonds is 4. The minimum Gasteiger partial charge on any atom is -0.327 e. The molecule has 1 aliphatic rings. The van der Waals surface area contributed by atoms with Gasteiger partial charge in [-0.3, -0.25) is 4.79 Å². The van der Waals surface area contributed by atoms with Crippen LogP contribution in [0, 0.1) is 5.92 Å². The fraction of sp³-hybridized carbons (Fsp3) is 0.667. The predicted molar refractivity (Wildman–Crippen MR) is 70.2 cm³/mol. The van der Waals surface area contributed by atoms with Gasteiger partial charge in [-0.15, -0.1) is 11.3 Å². The maximum absolute atomic E-state index is 11.7. The second-order valence-electron chi connectivity index (χ2n) is 4.90. The fourth-order valence-electron chi connectivity index (χ4n) is 1.86. The van der Waals surface area contributed by atoms with Crippen LogP contribution in [0.4, 0.5) is 5.13 Å². The van der Waals surface area contributed by atoms with E-state index in [1.54, 1.807) is 11.3 Å². The Bertz CT molecular complexity index is 392. The Hall–Kier alpha value is -0.940. The highest BCUT2D eigenvalue weighted by Gasteiger charge is 2.19. The lowest BCUT2D eigenvalue weighted by Gasteiger charge is -2.14. The van der Waals surface area contributed by atoms with Gasteiger partial charge in [-0.2, -0.15) is 0 Å². The molecule has 0 radical (unpaired) electrons. The van der Waals surface area contributed by atoms with Crippen molar-refractivity contribution in [2.75, 3.05) is 5.32 Å². The van der Waals surface area contributed by atoms with Gasteiger partial charge in [-0.1, -0.05) is 13.8 Å². The Labute approximate surface area is 106 Å². The number of hydrogen-bond acceptors (Lipinski definition) is 4. The van der Waals surface area contributed by atoms with Crippen LogP contribution in [0.2, 0.25) is 0 Å². The average molecular weight is 253 g/mol. The first kappa shape index (κ1) is 12.5. The number of nitrogens with one attached hydrogen (secondary N) is 1. The zero-order valence-corrected chi connectivity index (χ0v) is 11.1. The van der Waals surface area contributed by atoms with Crippen LogP contribution in [-0.2, 0) is 17.6 Å². The third kappa shape index (κ3) is 3.04. The number of amides is 1. The van der Waals surface area contributed by atoms with Crippen molar-refractivity contribution in [2.45, 2.75) is 45.6 Å². The molecule has 2 rings (SSSR count). The van der Waals surface area contributed by atoms with Gasteiger partial charge < -0.3 is 11.1 Å². The van der Waals surface area contributed by atoms with Crippen LogP contribution in [0.5, 0.6) is 0 Å². The van der Waals surface area contributed by atoms with Gasteiger partial charge in [0.1, 0.15) is 0 Å². The van der Waals surface area contributed by atoms with Crippen LogP contribution in [0.15, 0.2) is 0 Å². The predicted octanol–water partition coefficient (Wildman–Crippen LogP) is 1.94. The van der Waals surface area contributed by atoms with Crippen molar-refractivity contribution >= 4 is 22.4 Å². The number of aryl methyl sites for hydroxylation is 2. The molecule has 0 aliphatic heterocycles. The zero-order chi connectivity index (χ0) is 12.4. The fourth-order valence-corrected chi connectivity index (χ4v) is 2.93. The molecular formula is C12H19N3OS. The second-order valence-corrected chi connectivity index (χ2v) is 5.99. The Morgan fingerprint density at radius 1 is 1.53 bits per heavy atom. The average Bonchev–Trinajstić information content (AvgIpc) is 2.76. The van der Waals surface area contributed by atoms with Crippen molar-refractivity contribution < 1.29 is 4.79 Å². The van der Waals surface area contributed by atoms with Crippen molar-refractivity contribution in [3.8, 4) is 0 Å². The minimum atomic E-state index is -0.0817. The highest BCUT2D eigenvalue weighted by molar-refractivity contribution is 7.15. The van der Waals surface area contributed by atoms with Crippen LogP contribution >= 0.6 is 11.3 Å². The van der Waals surface area contributed by atoms with E-state index in [1.807, 2.05) is 13.8 Å². The van der Waals surface area contributed by atoms with Crippen molar-refractivity contribution in [3.05, 3.63) is 10.6 Å². The van der Waals surface area contributed by atoms with Crippen molar-refractivity contribution in [1.29, 1.82) is 0 Å². The molecule has 1 heterocycles. The third-order valence-electron chi connectivity index (χ3n) is 3.12. The molecule has 0 saturated heterocycles. The highest BCUT2D eigenvalue weighted by atomic mass is 32.1. The summed E-state index contributed by atoms with van der Waals surface area (Å²) in [5, 5.41) is 3.58. The standard InChI is InChI=1S/C12H19N3OS/c1-7(2)8(13)6-11(16)15-12-14-9-4-3-5-10(9)17-12/h7-8H,3-6,13H2,1-2H3,(H,14,15,16). The molecule has 0 fully saturated rings. The summed E-state index contributed by atoms with van der Waals surface area (Å²) in [5.41, 5.74) is 7.03. The molecular weight excluding hydrogens is 234 g/mol. The Balaban J connectivity index is 1.90. The quantitative estimate of drug-likeness (QED) is 0.861. The summed E-state index contributed by atoms with van der Waals surface area (Å²) in [6, 6.07) is -0.0817. The van der Waals surface area contributed by atoms with E-state index in [9.17, 15) is 4.79 Å². The van der Waals surface area contributed by atoms with Gasteiger partial charge in [0, 0.05) is 17.3 Å². The van der Waals surface area contributed by atoms with Gasteiger partial charge in [-0.25, -0.2) is 4.98 Å². The summed E-state index contributed by atoms with van der Waals surface area (Å²) in [6.45, 7) is 4.05. The smallest absolute Gasteiger partial charge is 0.227 e. The number of fused-ring (bicyclic) bond motifs is 1. The number of nitrogens with zero attached hydrogens (tertiary/aromatic N) is 1. The monoisotopic (exact) mass is 253 g/mol. The summed E-state index contributed by atoms with van der Waals surface area (Å²) >= 11 is 1.60. The van der Waals surface area contributed by atoms with Crippen LogP contribution in [0.3, 0.4) is 0 Å². The van der Waals surface area contributed by atoms with Crippen LogP contribution in [0.1, 0.15) is 37.3 Å². The van der Waals surface area contributed by atoms with Gasteiger partial charge in [0.25, 0.3) is 0 Å². The lowest BCUT2D eigenvalue weighted by molar-refractivity contribution is -0.116.